The molecule has 1 amide bonds. The number of amides is 1. The smallest absolute Gasteiger partial charge is 0.333 e. The summed E-state index contributed by atoms with van der Waals surface area (Å²) < 4.78 is 10.9. The Kier molecular flexibility index (Phi) is 22.3. The standard InChI is InChI=1S/C18H37NO.C7H17O4P/c1-2-3-4-5-6-7-8-9-10-11-12-13-14-15-16-17-18(19)20;1-4-5-6(8)7(2,3)12(9,10)11/h2-17H2,1H3,(H2,19,20);6,8H,4-5H2,1-3H3,(H2,9,10,11). The first-order chi connectivity index (χ1) is 15.0. The lowest BCUT2D eigenvalue weighted by molar-refractivity contribution is -0.118. The summed E-state index contributed by atoms with van der Waals surface area (Å²) in [5.41, 5.74) is 5.11. The van der Waals surface area contributed by atoms with E-state index in [0.717, 1.165) is 6.42 Å². The molecule has 0 aliphatic rings. The minimum atomic E-state index is -4.20. The van der Waals surface area contributed by atoms with Crippen molar-refractivity contribution in [1.82, 2.24) is 0 Å². The summed E-state index contributed by atoms with van der Waals surface area (Å²) >= 11 is 0. The molecule has 0 aromatic rings. The van der Waals surface area contributed by atoms with Crippen LogP contribution < -0.4 is 5.73 Å². The van der Waals surface area contributed by atoms with E-state index in [1.807, 2.05) is 6.92 Å². The molecular weight excluding hydrogens is 425 g/mol. The second kappa shape index (κ2) is 21.1. The highest BCUT2D eigenvalue weighted by Gasteiger charge is 2.43. The number of hydrogen-bond donors (Lipinski definition) is 4. The van der Waals surface area contributed by atoms with Gasteiger partial charge in [0.1, 0.15) is 0 Å². The molecule has 0 aromatic carbocycles. The van der Waals surface area contributed by atoms with Gasteiger partial charge in [-0.3, -0.25) is 9.36 Å². The van der Waals surface area contributed by atoms with E-state index in [2.05, 4.69) is 6.92 Å². The maximum Gasteiger partial charge on any atom is 0.333 e. The summed E-state index contributed by atoms with van der Waals surface area (Å²) in [6.45, 7) is 6.90. The van der Waals surface area contributed by atoms with Gasteiger partial charge in [0.2, 0.25) is 5.91 Å². The summed E-state index contributed by atoms with van der Waals surface area (Å²) in [4.78, 5) is 28.3. The third-order valence-corrected chi connectivity index (χ3v) is 7.95. The number of hydrogen-bond acceptors (Lipinski definition) is 3. The van der Waals surface area contributed by atoms with E-state index < -0.39 is 18.9 Å². The van der Waals surface area contributed by atoms with Gasteiger partial charge in [-0.25, -0.2) is 0 Å². The van der Waals surface area contributed by atoms with E-state index in [4.69, 9.17) is 15.5 Å². The second-order valence-corrected chi connectivity index (χ2v) is 11.9. The first-order valence-electron chi connectivity index (χ1n) is 13.0. The Bertz CT molecular complexity index is 479. The zero-order valence-corrected chi connectivity index (χ0v) is 22.4. The van der Waals surface area contributed by atoms with E-state index in [-0.39, 0.29) is 5.91 Å². The maximum atomic E-state index is 10.9. The number of nitrogens with two attached hydrogens (primary N) is 1. The zero-order valence-electron chi connectivity index (χ0n) is 21.5. The molecule has 0 rings (SSSR count). The van der Waals surface area contributed by atoms with Crippen molar-refractivity contribution in [2.45, 2.75) is 155 Å². The van der Waals surface area contributed by atoms with Gasteiger partial charge in [0.05, 0.1) is 11.3 Å². The molecule has 5 N–H and O–H groups in total. The fraction of sp³-hybridized carbons (Fsp3) is 0.960. The van der Waals surface area contributed by atoms with Crippen molar-refractivity contribution in [3.8, 4) is 0 Å². The van der Waals surface area contributed by atoms with E-state index >= 15 is 0 Å². The Labute approximate surface area is 198 Å². The minimum Gasteiger partial charge on any atom is -0.392 e. The van der Waals surface area contributed by atoms with Crippen molar-refractivity contribution in [2.75, 3.05) is 0 Å². The quantitative estimate of drug-likeness (QED) is 0.113. The van der Waals surface area contributed by atoms with Crippen molar-refractivity contribution in [3.05, 3.63) is 0 Å². The fourth-order valence-corrected chi connectivity index (χ4v) is 4.01. The average Bonchev–Trinajstić information content (AvgIpc) is 2.70. The van der Waals surface area contributed by atoms with Gasteiger partial charge in [-0.1, -0.05) is 110 Å². The molecule has 0 spiro atoms. The molecule has 0 aromatic heterocycles. The Morgan fingerprint density at radius 3 is 1.38 bits per heavy atom. The summed E-state index contributed by atoms with van der Waals surface area (Å²) in [5, 5.41) is 8.09. The number of unbranched alkanes of at least 4 members (excludes halogenated alkanes) is 14. The van der Waals surface area contributed by atoms with Gasteiger partial charge in [0, 0.05) is 6.42 Å². The number of primary amides is 1. The largest absolute Gasteiger partial charge is 0.392 e. The lowest BCUT2D eigenvalue weighted by atomic mass is 10.0. The van der Waals surface area contributed by atoms with Crippen molar-refractivity contribution >= 4 is 13.5 Å². The van der Waals surface area contributed by atoms with E-state index in [0.29, 0.717) is 19.3 Å². The molecule has 0 aliphatic carbocycles. The molecule has 0 fully saturated rings. The second-order valence-electron chi connectivity index (χ2n) is 9.67. The SMILES string of the molecule is CCCC(O)C(C)(C)P(=O)(O)O.CCCCCCCCCCCCCCCCCC(N)=O. The molecule has 0 bridgehead atoms. The summed E-state index contributed by atoms with van der Waals surface area (Å²) in [6.07, 6.45) is 21.1. The van der Waals surface area contributed by atoms with Crippen LogP contribution in [0.3, 0.4) is 0 Å². The third kappa shape index (κ3) is 20.2. The highest BCUT2D eigenvalue weighted by atomic mass is 31.2. The molecule has 6 nitrogen and oxygen atoms in total. The summed E-state index contributed by atoms with van der Waals surface area (Å²) in [5.74, 6) is -0.153. The van der Waals surface area contributed by atoms with Gasteiger partial charge >= 0.3 is 7.60 Å². The number of rotatable bonds is 20. The number of aliphatic hydroxyl groups is 1. The Balaban J connectivity index is 0. The Hall–Kier alpha value is -0.420. The van der Waals surface area contributed by atoms with Crippen LogP contribution >= 0.6 is 7.60 Å². The highest BCUT2D eigenvalue weighted by Crippen LogP contribution is 2.52. The predicted molar refractivity (Wildman–Crippen MR) is 136 cm³/mol. The monoisotopic (exact) mass is 479 g/mol. The van der Waals surface area contributed by atoms with Crippen LogP contribution in [-0.2, 0) is 9.36 Å². The molecule has 7 heteroatoms. The first kappa shape index (κ1) is 33.8. The molecule has 194 valence electrons. The average molecular weight is 480 g/mol. The van der Waals surface area contributed by atoms with Crippen LogP contribution in [0.2, 0.25) is 0 Å². The van der Waals surface area contributed by atoms with Crippen LogP contribution in [0.1, 0.15) is 143 Å². The number of carbonyl (C=O) groups is 1. The van der Waals surface area contributed by atoms with Gasteiger partial charge in [-0.05, 0) is 26.7 Å². The predicted octanol–water partition coefficient (Wildman–Crippen LogP) is 6.84. The van der Waals surface area contributed by atoms with E-state index in [1.165, 1.54) is 104 Å². The molecule has 0 saturated heterocycles. The van der Waals surface area contributed by atoms with E-state index in [1.54, 1.807) is 0 Å². The normalized spacial score (nSPS) is 12.8. The topological polar surface area (TPSA) is 121 Å². The van der Waals surface area contributed by atoms with Crippen LogP contribution in [0, 0.1) is 0 Å². The zero-order chi connectivity index (χ0) is 24.9. The maximum absolute atomic E-state index is 10.9. The van der Waals surface area contributed by atoms with Crippen LogP contribution in [0.15, 0.2) is 0 Å². The molecule has 32 heavy (non-hydrogen) atoms. The molecule has 0 heterocycles. The summed E-state index contributed by atoms with van der Waals surface area (Å²) in [6, 6.07) is 0. The Morgan fingerprint density at radius 2 is 1.09 bits per heavy atom. The summed E-state index contributed by atoms with van der Waals surface area (Å²) in [7, 11) is -4.20. The van der Waals surface area contributed by atoms with Gasteiger partial charge in [0.15, 0.2) is 0 Å². The molecule has 0 radical (unpaired) electrons. The van der Waals surface area contributed by atoms with Crippen molar-refractivity contribution in [1.29, 1.82) is 0 Å². The first-order valence-corrected chi connectivity index (χ1v) is 14.6. The fourth-order valence-electron chi connectivity index (χ4n) is 3.49. The van der Waals surface area contributed by atoms with Crippen LogP contribution in [0.5, 0.6) is 0 Å². The van der Waals surface area contributed by atoms with Crippen LogP contribution in [0.25, 0.3) is 0 Å². The lowest BCUT2D eigenvalue weighted by Gasteiger charge is -2.30. The van der Waals surface area contributed by atoms with Gasteiger partial charge in [-0.15, -0.1) is 0 Å². The highest BCUT2D eigenvalue weighted by molar-refractivity contribution is 7.53. The van der Waals surface area contributed by atoms with Gasteiger partial charge < -0.3 is 20.6 Å². The Morgan fingerprint density at radius 1 is 0.750 bits per heavy atom. The lowest BCUT2D eigenvalue weighted by Crippen LogP contribution is -2.35. The van der Waals surface area contributed by atoms with Crippen molar-refractivity contribution in [3.63, 3.8) is 0 Å². The van der Waals surface area contributed by atoms with Gasteiger partial charge in [0.25, 0.3) is 0 Å². The molecule has 0 saturated carbocycles. The molecule has 1 atom stereocenters. The van der Waals surface area contributed by atoms with E-state index in [9.17, 15) is 14.5 Å². The number of aliphatic hydroxyl groups excluding tert-OH is 1. The van der Waals surface area contributed by atoms with Crippen molar-refractivity contribution in [2.24, 2.45) is 5.73 Å². The van der Waals surface area contributed by atoms with Gasteiger partial charge in [-0.2, -0.15) is 0 Å². The molecule has 0 aliphatic heterocycles. The molecular formula is C25H54NO5P. The molecule has 1 unspecified atom stereocenters. The van der Waals surface area contributed by atoms with Crippen LogP contribution in [0.4, 0.5) is 0 Å². The third-order valence-electron chi connectivity index (χ3n) is 6.16. The number of carbonyl (C=O) groups excluding carboxylic acids is 1. The van der Waals surface area contributed by atoms with Crippen LogP contribution in [-0.4, -0.2) is 32.1 Å². The van der Waals surface area contributed by atoms with Crippen molar-refractivity contribution < 1.29 is 24.3 Å². The minimum absolute atomic E-state index is 0.153.